The van der Waals surface area contributed by atoms with E-state index in [0.29, 0.717) is 11.1 Å². The molecule has 0 spiro atoms. The Morgan fingerprint density at radius 2 is 1.63 bits per heavy atom. The van der Waals surface area contributed by atoms with E-state index in [4.69, 9.17) is 11.6 Å². The average Bonchev–Trinajstić information content (AvgIpc) is 2.36. The Labute approximate surface area is 114 Å². The van der Waals surface area contributed by atoms with Gasteiger partial charge in [-0.3, -0.25) is 0 Å². The summed E-state index contributed by atoms with van der Waals surface area (Å²) in [6.07, 6.45) is 0. The van der Waals surface area contributed by atoms with Gasteiger partial charge in [-0.1, -0.05) is 29.8 Å². The third kappa shape index (κ3) is 3.01. The zero-order chi connectivity index (χ0) is 14.0. The molecule has 100 valence electrons. The molecule has 1 nitrogen and oxygen atoms in total. The number of benzene rings is 2. The highest BCUT2D eigenvalue weighted by atomic mass is 35.5. The van der Waals surface area contributed by atoms with Crippen LogP contribution < -0.4 is 5.32 Å². The van der Waals surface area contributed by atoms with E-state index in [-0.39, 0.29) is 11.7 Å². The molecule has 5 heteroatoms. The molecule has 2 aromatic carbocycles. The lowest BCUT2D eigenvalue weighted by molar-refractivity contribution is 0.495. The van der Waals surface area contributed by atoms with E-state index < -0.39 is 17.5 Å². The van der Waals surface area contributed by atoms with Crippen LogP contribution in [0.25, 0.3) is 0 Å². The second kappa shape index (κ2) is 5.53. The molecular formula is C14H11ClF3N. The standard InChI is InChI=1S/C14H11ClF3N/c1-8(9-4-2-3-5-10(9)15)19-14-7-12(17)11(16)6-13(14)18/h2-8,19H,1H3. The van der Waals surface area contributed by atoms with Gasteiger partial charge in [0.1, 0.15) is 5.82 Å². The van der Waals surface area contributed by atoms with Crippen LogP contribution in [0.2, 0.25) is 5.02 Å². The van der Waals surface area contributed by atoms with Gasteiger partial charge in [-0.15, -0.1) is 0 Å². The third-order valence-corrected chi connectivity index (χ3v) is 3.10. The molecule has 1 N–H and O–H groups in total. The Morgan fingerprint density at radius 3 is 2.32 bits per heavy atom. The van der Waals surface area contributed by atoms with Gasteiger partial charge in [-0.05, 0) is 18.6 Å². The number of hydrogen-bond acceptors (Lipinski definition) is 1. The SMILES string of the molecule is CC(Nc1cc(F)c(F)cc1F)c1ccccc1Cl. The molecule has 19 heavy (non-hydrogen) atoms. The molecule has 0 amide bonds. The zero-order valence-electron chi connectivity index (χ0n) is 10.1. The van der Waals surface area contributed by atoms with Crippen LogP contribution in [0.5, 0.6) is 0 Å². The molecule has 0 saturated heterocycles. The van der Waals surface area contributed by atoms with Gasteiger partial charge in [0, 0.05) is 17.2 Å². The summed E-state index contributed by atoms with van der Waals surface area (Å²) in [4.78, 5) is 0. The van der Waals surface area contributed by atoms with Crippen molar-refractivity contribution in [1.29, 1.82) is 0 Å². The minimum Gasteiger partial charge on any atom is -0.376 e. The van der Waals surface area contributed by atoms with E-state index in [1.165, 1.54) is 0 Å². The maximum Gasteiger partial charge on any atom is 0.161 e. The number of halogens is 4. The molecule has 0 heterocycles. The minimum absolute atomic E-state index is 0.105. The smallest absolute Gasteiger partial charge is 0.161 e. The highest BCUT2D eigenvalue weighted by Gasteiger charge is 2.14. The second-order valence-electron chi connectivity index (χ2n) is 4.13. The van der Waals surface area contributed by atoms with Gasteiger partial charge in [0.25, 0.3) is 0 Å². The maximum absolute atomic E-state index is 13.5. The minimum atomic E-state index is -1.21. The highest BCUT2D eigenvalue weighted by molar-refractivity contribution is 6.31. The van der Waals surface area contributed by atoms with E-state index in [9.17, 15) is 13.2 Å². The summed E-state index contributed by atoms with van der Waals surface area (Å²) in [6, 6.07) is 8.01. The van der Waals surface area contributed by atoms with E-state index in [1.807, 2.05) is 0 Å². The molecule has 1 unspecified atom stereocenters. The fraction of sp³-hybridized carbons (Fsp3) is 0.143. The zero-order valence-corrected chi connectivity index (χ0v) is 10.8. The Morgan fingerprint density at radius 1 is 1.00 bits per heavy atom. The molecule has 2 aromatic rings. The summed E-state index contributed by atoms with van der Waals surface area (Å²) in [5.74, 6) is -3.17. The first-order valence-corrected chi connectivity index (χ1v) is 6.02. The number of anilines is 1. The van der Waals surface area contributed by atoms with Crippen LogP contribution in [0.1, 0.15) is 18.5 Å². The lowest BCUT2D eigenvalue weighted by Gasteiger charge is -2.17. The summed E-state index contributed by atoms with van der Waals surface area (Å²) >= 11 is 6.01. The highest BCUT2D eigenvalue weighted by Crippen LogP contribution is 2.27. The normalized spacial score (nSPS) is 12.3. The van der Waals surface area contributed by atoms with Gasteiger partial charge >= 0.3 is 0 Å². The first-order valence-electron chi connectivity index (χ1n) is 5.64. The van der Waals surface area contributed by atoms with Crippen molar-refractivity contribution in [1.82, 2.24) is 0 Å². The largest absolute Gasteiger partial charge is 0.376 e. The molecule has 0 aliphatic heterocycles. The maximum atomic E-state index is 13.5. The Balaban J connectivity index is 2.27. The first kappa shape index (κ1) is 13.7. The van der Waals surface area contributed by atoms with Crippen molar-refractivity contribution in [2.45, 2.75) is 13.0 Å². The molecule has 0 bridgehead atoms. The molecule has 0 aromatic heterocycles. The van der Waals surface area contributed by atoms with Crippen molar-refractivity contribution in [3.8, 4) is 0 Å². The summed E-state index contributed by atoms with van der Waals surface area (Å²) in [7, 11) is 0. The fourth-order valence-electron chi connectivity index (χ4n) is 1.77. The molecule has 0 fully saturated rings. The van der Waals surface area contributed by atoms with Crippen molar-refractivity contribution in [3.63, 3.8) is 0 Å². The number of rotatable bonds is 3. The van der Waals surface area contributed by atoms with Crippen LogP contribution in [0.15, 0.2) is 36.4 Å². The van der Waals surface area contributed by atoms with Crippen LogP contribution in [-0.2, 0) is 0 Å². The predicted molar refractivity (Wildman–Crippen MR) is 69.8 cm³/mol. The van der Waals surface area contributed by atoms with Gasteiger partial charge in [-0.25, -0.2) is 13.2 Å². The number of hydrogen-bond donors (Lipinski definition) is 1. The molecule has 0 saturated carbocycles. The van der Waals surface area contributed by atoms with E-state index in [2.05, 4.69) is 5.32 Å². The van der Waals surface area contributed by atoms with Crippen LogP contribution in [0.4, 0.5) is 18.9 Å². The Hall–Kier alpha value is -1.68. The predicted octanol–water partition coefficient (Wildman–Crippen LogP) is 4.93. The fourth-order valence-corrected chi connectivity index (χ4v) is 2.07. The summed E-state index contributed by atoms with van der Waals surface area (Å²) in [5, 5.41) is 3.29. The molecule has 0 aliphatic rings. The second-order valence-corrected chi connectivity index (χ2v) is 4.54. The number of nitrogens with one attached hydrogen (secondary N) is 1. The van der Waals surface area contributed by atoms with Crippen molar-refractivity contribution in [2.75, 3.05) is 5.32 Å². The lowest BCUT2D eigenvalue weighted by atomic mass is 10.1. The average molecular weight is 286 g/mol. The topological polar surface area (TPSA) is 12.0 Å². The lowest BCUT2D eigenvalue weighted by Crippen LogP contribution is -2.09. The Bertz CT molecular complexity index is 601. The van der Waals surface area contributed by atoms with Crippen LogP contribution >= 0.6 is 11.6 Å². The van der Waals surface area contributed by atoms with Crippen molar-refractivity contribution in [2.24, 2.45) is 0 Å². The van der Waals surface area contributed by atoms with Gasteiger partial charge in [0.15, 0.2) is 11.6 Å². The van der Waals surface area contributed by atoms with Crippen LogP contribution in [0.3, 0.4) is 0 Å². The monoisotopic (exact) mass is 285 g/mol. The van der Waals surface area contributed by atoms with Gasteiger partial charge in [0.2, 0.25) is 0 Å². The molecular weight excluding hydrogens is 275 g/mol. The first-order chi connectivity index (χ1) is 8.99. The van der Waals surface area contributed by atoms with Gasteiger partial charge in [-0.2, -0.15) is 0 Å². The molecule has 0 radical (unpaired) electrons. The van der Waals surface area contributed by atoms with Crippen molar-refractivity contribution >= 4 is 17.3 Å². The molecule has 2 rings (SSSR count). The van der Waals surface area contributed by atoms with Crippen LogP contribution in [0, 0.1) is 17.5 Å². The third-order valence-electron chi connectivity index (χ3n) is 2.75. The summed E-state index contributed by atoms with van der Waals surface area (Å²) in [6.45, 7) is 1.75. The van der Waals surface area contributed by atoms with Gasteiger partial charge < -0.3 is 5.32 Å². The van der Waals surface area contributed by atoms with Crippen molar-refractivity contribution < 1.29 is 13.2 Å². The molecule has 0 aliphatic carbocycles. The summed E-state index contributed by atoms with van der Waals surface area (Å²) in [5.41, 5.74) is 0.639. The van der Waals surface area contributed by atoms with E-state index in [1.54, 1.807) is 31.2 Å². The van der Waals surface area contributed by atoms with Crippen molar-refractivity contribution in [3.05, 3.63) is 64.4 Å². The van der Waals surface area contributed by atoms with E-state index in [0.717, 1.165) is 11.6 Å². The molecule has 1 atom stereocenters. The van der Waals surface area contributed by atoms with E-state index >= 15 is 0 Å². The Kier molecular flexibility index (Phi) is 4.00. The summed E-state index contributed by atoms with van der Waals surface area (Å²) < 4.78 is 39.4. The van der Waals surface area contributed by atoms with Crippen LogP contribution in [-0.4, -0.2) is 0 Å². The van der Waals surface area contributed by atoms with Gasteiger partial charge in [0.05, 0.1) is 11.7 Å². The quantitative estimate of drug-likeness (QED) is 0.789.